The second-order valence-corrected chi connectivity index (χ2v) is 3.06. The van der Waals surface area contributed by atoms with Crippen molar-refractivity contribution in [3.8, 4) is 0 Å². The normalized spacial score (nSPS) is 12.8. The number of primary amides is 1. The Morgan fingerprint density at radius 1 is 1.50 bits per heavy atom. The molecule has 1 atom stereocenters. The Morgan fingerprint density at radius 3 is 2.58 bits per heavy atom. The van der Waals surface area contributed by atoms with Gasteiger partial charge in [0.1, 0.15) is 0 Å². The first-order chi connectivity index (χ1) is 5.70. The van der Waals surface area contributed by atoms with Crippen molar-refractivity contribution in [2.45, 2.75) is 45.6 Å². The van der Waals surface area contributed by atoms with Crippen LogP contribution < -0.4 is 11.1 Å². The van der Waals surface area contributed by atoms with E-state index in [1.807, 2.05) is 0 Å². The third-order valence-corrected chi connectivity index (χ3v) is 1.93. The lowest BCUT2D eigenvalue weighted by molar-refractivity contribution is -0.117. The largest absolute Gasteiger partial charge is 0.370 e. The van der Waals surface area contributed by atoms with E-state index in [1.54, 1.807) is 0 Å². The zero-order chi connectivity index (χ0) is 9.40. The van der Waals surface area contributed by atoms with Crippen LogP contribution in [0.25, 0.3) is 0 Å². The summed E-state index contributed by atoms with van der Waals surface area (Å²) in [7, 11) is 0. The third-order valence-electron chi connectivity index (χ3n) is 1.93. The van der Waals surface area contributed by atoms with Gasteiger partial charge in [0, 0.05) is 19.0 Å². The highest BCUT2D eigenvalue weighted by Gasteiger charge is 2.03. The average molecular weight is 172 g/mol. The summed E-state index contributed by atoms with van der Waals surface area (Å²) < 4.78 is 0. The molecule has 3 N–H and O–H groups in total. The van der Waals surface area contributed by atoms with E-state index in [0.717, 1.165) is 6.42 Å². The van der Waals surface area contributed by atoms with Crippen molar-refractivity contribution < 1.29 is 4.79 Å². The van der Waals surface area contributed by atoms with Crippen LogP contribution in [0.5, 0.6) is 0 Å². The van der Waals surface area contributed by atoms with Gasteiger partial charge >= 0.3 is 0 Å². The maximum absolute atomic E-state index is 10.4. The van der Waals surface area contributed by atoms with Crippen LogP contribution in [0.1, 0.15) is 39.5 Å². The first-order valence-electron chi connectivity index (χ1n) is 4.72. The molecule has 0 aromatic carbocycles. The van der Waals surface area contributed by atoms with E-state index in [4.69, 9.17) is 5.73 Å². The van der Waals surface area contributed by atoms with Crippen molar-refractivity contribution in [3.05, 3.63) is 0 Å². The lowest BCUT2D eigenvalue weighted by Crippen LogP contribution is -2.31. The number of rotatable bonds is 7. The van der Waals surface area contributed by atoms with E-state index in [-0.39, 0.29) is 5.91 Å². The SMILES string of the molecule is CCCC(CC)NCCC(N)=O. The summed E-state index contributed by atoms with van der Waals surface area (Å²) in [4.78, 5) is 10.4. The van der Waals surface area contributed by atoms with Crippen LogP contribution in [-0.4, -0.2) is 18.5 Å². The highest BCUT2D eigenvalue weighted by Crippen LogP contribution is 2.00. The van der Waals surface area contributed by atoms with Gasteiger partial charge in [-0.25, -0.2) is 0 Å². The molecule has 0 bridgehead atoms. The predicted molar refractivity (Wildman–Crippen MR) is 50.8 cm³/mol. The molecule has 0 aliphatic rings. The molecule has 0 saturated heterocycles. The molecule has 0 aliphatic carbocycles. The zero-order valence-electron chi connectivity index (χ0n) is 8.10. The summed E-state index contributed by atoms with van der Waals surface area (Å²) in [5.74, 6) is -0.228. The van der Waals surface area contributed by atoms with Gasteiger partial charge in [0.25, 0.3) is 0 Å². The van der Waals surface area contributed by atoms with Crippen molar-refractivity contribution in [3.63, 3.8) is 0 Å². The molecule has 3 nitrogen and oxygen atoms in total. The minimum absolute atomic E-state index is 0.228. The Balaban J connectivity index is 3.37. The number of hydrogen-bond donors (Lipinski definition) is 2. The molecule has 0 aromatic heterocycles. The molecule has 1 amide bonds. The van der Waals surface area contributed by atoms with Crippen LogP contribution >= 0.6 is 0 Å². The molecule has 0 saturated carbocycles. The monoisotopic (exact) mass is 172 g/mol. The maximum atomic E-state index is 10.4. The van der Waals surface area contributed by atoms with Crippen molar-refractivity contribution in [2.75, 3.05) is 6.54 Å². The minimum Gasteiger partial charge on any atom is -0.370 e. The van der Waals surface area contributed by atoms with E-state index in [1.165, 1.54) is 12.8 Å². The van der Waals surface area contributed by atoms with E-state index >= 15 is 0 Å². The van der Waals surface area contributed by atoms with E-state index in [0.29, 0.717) is 19.0 Å². The second kappa shape index (κ2) is 7.10. The standard InChI is InChI=1S/C9H20N2O/c1-3-5-8(4-2)11-7-6-9(10)12/h8,11H,3-7H2,1-2H3,(H2,10,12). The van der Waals surface area contributed by atoms with Gasteiger partial charge < -0.3 is 11.1 Å². The molecule has 3 heteroatoms. The Kier molecular flexibility index (Phi) is 6.76. The van der Waals surface area contributed by atoms with Crippen molar-refractivity contribution in [2.24, 2.45) is 5.73 Å². The van der Waals surface area contributed by atoms with Crippen LogP contribution in [-0.2, 0) is 4.79 Å². The van der Waals surface area contributed by atoms with Gasteiger partial charge in [-0.3, -0.25) is 4.79 Å². The fourth-order valence-electron chi connectivity index (χ4n) is 1.20. The van der Waals surface area contributed by atoms with Gasteiger partial charge in [0.2, 0.25) is 5.91 Å². The molecule has 0 aliphatic heterocycles. The number of carbonyl (C=O) groups excluding carboxylic acids is 1. The fraction of sp³-hybridized carbons (Fsp3) is 0.889. The molecule has 72 valence electrons. The lowest BCUT2D eigenvalue weighted by Gasteiger charge is -2.14. The first kappa shape index (κ1) is 11.4. The van der Waals surface area contributed by atoms with Gasteiger partial charge in [-0.1, -0.05) is 20.3 Å². The molecule has 0 spiro atoms. The Morgan fingerprint density at radius 2 is 2.17 bits per heavy atom. The number of nitrogens with two attached hydrogens (primary N) is 1. The molecule has 1 unspecified atom stereocenters. The highest BCUT2D eigenvalue weighted by atomic mass is 16.1. The van der Waals surface area contributed by atoms with Crippen molar-refractivity contribution in [1.29, 1.82) is 0 Å². The summed E-state index contributed by atoms with van der Waals surface area (Å²) in [6.45, 7) is 5.03. The predicted octanol–water partition coefficient (Wildman–Crippen LogP) is 1.03. The number of amides is 1. The molecular formula is C9H20N2O. The van der Waals surface area contributed by atoms with Crippen molar-refractivity contribution in [1.82, 2.24) is 5.32 Å². The second-order valence-electron chi connectivity index (χ2n) is 3.06. The third kappa shape index (κ3) is 6.16. The van der Waals surface area contributed by atoms with Crippen LogP contribution in [0.4, 0.5) is 0 Å². The molecule has 0 radical (unpaired) electrons. The van der Waals surface area contributed by atoms with Gasteiger partial charge in [0.05, 0.1) is 0 Å². The first-order valence-corrected chi connectivity index (χ1v) is 4.72. The summed E-state index contributed by atoms with van der Waals surface area (Å²) in [6, 6.07) is 0.550. The molecule has 0 rings (SSSR count). The molecular weight excluding hydrogens is 152 g/mol. The fourth-order valence-corrected chi connectivity index (χ4v) is 1.20. The summed E-state index contributed by atoms with van der Waals surface area (Å²) >= 11 is 0. The topological polar surface area (TPSA) is 55.1 Å². The van der Waals surface area contributed by atoms with Gasteiger partial charge in [-0.15, -0.1) is 0 Å². The number of hydrogen-bond acceptors (Lipinski definition) is 2. The highest BCUT2D eigenvalue weighted by molar-refractivity contribution is 5.73. The zero-order valence-corrected chi connectivity index (χ0v) is 8.10. The van der Waals surface area contributed by atoms with Gasteiger partial charge in [-0.05, 0) is 12.8 Å². The van der Waals surface area contributed by atoms with E-state index < -0.39 is 0 Å². The lowest BCUT2D eigenvalue weighted by atomic mass is 10.1. The van der Waals surface area contributed by atoms with Crippen LogP contribution in [0.15, 0.2) is 0 Å². The summed E-state index contributed by atoms with van der Waals surface area (Å²) in [5, 5.41) is 3.30. The minimum atomic E-state index is -0.228. The van der Waals surface area contributed by atoms with E-state index in [9.17, 15) is 4.79 Å². The molecule has 0 heterocycles. The smallest absolute Gasteiger partial charge is 0.218 e. The van der Waals surface area contributed by atoms with Gasteiger partial charge in [-0.2, -0.15) is 0 Å². The summed E-state index contributed by atoms with van der Waals surface area (Å²) in [6.07, 6.45) is 3.92. The maximum Gasteiger partial charge on any atom is 0.218 e. The Bertz CT molecular complexity index is 126. The quantitative estimate of drug-likeness (QED) is 0.602. The number of nitrogens with one attached hydrogen (secondary N) is 1. The Labute approximate surface area is 74.7 Å². The molecule has 0 fully saturated rings. The average Bonchev–Trinajstić information content (AvgIpc) is 2.02. The van der Waals surface area contributed by atoms with E-state index in [2.05, 4.69) is 19.2 Å². The van der Waals surface area contributed by atoms with Crippen molar-refractivity contribution >= 4 is 5.91 Å². The van der Waals surface area contributed by atoms with Crippen LogP contribution in [0, 0.1) is 0 Å². The number of carbonyl (C=O) groups is 1. The molecule has 0 aromatic rings. The van der Waals surface area contributed by atoms with Crippen LogP contribution in [0.2, 0.25) is 0 Å². The molecule has 12 heavy (non-hydrogen) atoms. The summed E-state index contributed by atoms with van der Waals surface area (Å²) in [5.41, 5.74) is 5.02. The van der Waals surface area contributed by atoms with Gasteiger partial charge in [0.15, 0.2) is 0 Å². The van der Waals surface area contributed by atoms with Crippen LogP contribution in [0.3, 0.4) is 0 Å². The Hall–Kier alpha value is -0.570.